The Labute approximate surface area is 180 Å². The minimum atomic E-state index is -0.287. The van der Waals surface area contributed by atoms with Gasteiger partial charge in [0.2, 0.25) is 5.91 Å². The Hall–Kier alpha value is -2.19. The summed E-state index contributed by atoms with van der Waals surface area (Å²) >= 11 is 1.40. The Morgan fingerprint density at radius 2 is 2.13 bits per heavy atom. The number of carbonyl (C=O) groups is 1. The highest BCUT2D eigenvalue weighted by atomic mass is 32.2. The zero-order valence-electron chi connectivity index (χ0n) is 17.2. The fourth-order valence-corrected chi connectivity index (χ4v) is 4.83. The van der Waals surface area contributed by atoms with Gasteiger partial charge in [-0.1, -0.05) is 17.8 Å². The van der Waals surface area contributed by atoms with Gasteiger partial charge in [0, 0.05) is 24.4 Å². The van der Waals surface area contributed by atoms with E-state index >= 15 is 0 Å². The van der Waals surface area contributed by atoms with Crippen LogP contribution in [-0.2, 0) is 16.1 Å². The van der Waals surface area contributed by atoms with E-state index in [4.69, 9.17) is 4.74 Å². The topological polar surface area (TPSA) is 60.2 Å². The van der Waals surface area contributed by atoms with Gasteiger partial charge < -0.3 is 9.64 Å². The van der Waals surface area contributed by atoms with Crippen LogP contribution in [0.4, 0.5) is 4.39 Å². The number of hydrogen-bond acceptors (Lipinski definition) is 5. The van der Waals surface area contributed by atoms with Gasteiger partial charge in [-0.15, -0.1) is 10.2 Å². The molecular weight excluding hydrogens is 403 g/mol. The van der Waals surface area contributed by atoms with Crippen molar-refractivity contribution in [2.75, 3.05) is 18.9 Å². The van der Waals surface area contributed by atoms with Crippen molar-refractivity contribution >= 4 is 17.7 Å². The highest BCUT2D eigenvalue weighted by molar-refractivity contribution is 7.99. The second-order valence-corrected chi connectivity index (χ2v) is 8.52. The van der Waals surface area contributed by atoms with Crippen LogP contribution >= 0.6 is 11.8 Å². The maximum Gasteiger partial charge on any atom is 0.237 e. The summed E-state index contributed by atoms with van der Waals surface area (Å²) in [6, 6.07) is 6.25. The molecule has 1 amide bonds. The number of thioether (sulfide) groups is 1. The lowest BCUT2D eigenvalue weighted by Gasteiger charge is -2.22. The lowest BCUT2D eigenvalue weighted by Crippen LogP contribution is -2.31. The Balaban J connectivity index is 1.52. The van der Waals surface area contributed by atoms with E-state index in [1.54, 1.807) is 12.1 Å². The maximum atomic E-state index is 13.4. The van der Waals surface area contributed by atoms with Gasteiger partial charge in [0.15, 0.2) is 11.0 Å². The number of nitrogens with zero attached hydrogens (tertiary/aromatic N) is 4. The van der Waals surface area contributed by atoms with Crippen LogP contribution in [0.15, 0.2) is 41.2 Å². The molecule has 1 fully saturated rings. The molecule has 160 valence electrons. The number of benzene rings is 1. The fraction of sp³-hybridized carbons (Fsp3) is 0.500. The molecule has 2 heterocycles. The van der Waals surface area contributed by atoms with Gasteiger partial charge in [0.25, 0.3) is 0 Å². The monoisotopic (exact) mass is 430 g/mol. The average molecular weight is 431 g/mol. The Bertz CT molecular complexity index is 906. The molecular formula is C22H27FN4O2S. The first kappa shape index (κ1) is 21.1. The number of hydrogen-bond donors (Lipinski definition) is 0. The third-order valence-electron chi connectivity index (χ3n) is 5.54. The molecule has 2 aliphatic rings. The zero-order valence-corrected chi connectivity index (χ0v) is 18.0. The van der Waals surface area contributed by atoms with Crippen LogP contribution < -0.4 is 0 Å². The van der Waals surface area contributed by atoms with E-state index in [0.29, 0.717) is 29.8 Å². The van der Waals surface area contributed by atoms with Crippen molar-refractivity contribution in [1.82, 2.24) is 19.7 Å². The normalized spacial score (nSPS) is 18.6. The molecule has 30 heavy (non-hydrogen) atoms. The second kappa shape index (κ2) is 9.75. The summed E-state index contributed by atoms with van der Waals surface area (Å²) in [5.74, 6) is 0.778. The standard InChI is InChI=1S/C22H27FN4O2S/c1-2-26(18-6-3-4-7-18)20(28)15-30-22-25-24-21(16-9-11-17(23)12-10-16)27(22)14-19-8-5-13-29-19/h6,9-12,19H,2-5,7-8,13-15H2,1H3. The van der Waals surface area contributed by atoms with Crippen molar-refractivity contribution in [2.24, 2.45) is 0 Å². The van der Waals surface area contributed by atoms with Gasteiger partial charge in [-0.2, -0.15) is 0 Å². The molecule has 1 atom stereocenters. The van der Waals surface area contributed by atoms with Crippen LogP contribution in [0.3, 0.4) is 0 Å². The minimum absolute atomic E-state index is 0.0886. The summed E-state index contributed by atoms with van der Waals surface area (Å²) in [6.45, 7) is 4.07. The minimum Gasteiger partial charge on any atom is -0.376 e. The highest BCUT2D eigenvalue weighted by Crippen LogP contribution is 2.28. The van der Waals surface area contributed by atoms with Crippen molar-refractivity contribution in [3.05, 3.63) is 41.9 Å². The SMILES string of the molecule is CCN(C(=O)CSc1nnc(-c2ccc(F)cc2)n1CC1CCCO1)C1=CCCC1. The van der Waals surface area contributed by atoms with E-state index in [2.05, 4.69) is 16.3 Å². The predicted octanol–water partition coefficient (Wildman–Crippen LogP) is 4.27. The van der Waals surface area contributed by atoms with E-state index in [-0.39, 0.29) is 17.8 Å². The van der Waals surface area contributed by atoms with E-state index in [9.17, 15) is 9.18 Å². The molecule has 0 N–H and O–H groups in total. The van der Waals surface area contributed by atoms with Crippen LogP contribution in [0.5, 0.6) is 0 Å². The molecule has 1 saturated heterocycles. The molecule has 1 aromatic heterocycles. The molecule has 1 aliphatic heterocycles. The lowest BCUT2D eigenvalue weighted by molar-refractivity contribution is -0.126. The molecule has 4 rings (SSSR count). The van der Waals surface area contributed by atoms with Crippen molar-refractivity contribution < 1.29 is 13.9 Å². The highest BCUT2D eigenvalue weighted by Gasteiger charge is 2.24. The summed E-state index contributed by atoms with van der Waals surface area (Å²) < 4.78 is 21.2. The molecule has 0 saturated carbocycles. The Kier molecular flexibility index (Phi) is 6.84. The number of amides is 1. The first-order valence-corrected chi connectivity index (χ1v) is 11.6. The molecule has 1 aromatic carbocycles. The number of ether oxygens (including phenoxy) is 1. The quantitative estimate of drug-likeness (QED) is 0.586. The summed E-state index contributed by atoms with van der Waals surface area (Å²) in [5, 5.41) is 9.40. The molecule has 6 nitrogen and oxygen atoms in total. The van der Waals surface area contributed by atoms with Gasteiger partial charge in [0.1, 0.15) is 5.82 Å². The largest absolute Gasteiger partial charge is 0.376 e. The molecule has 8 heteroatoms. The van der Waals surface area contributed by atoms with Crippen LogP contribution in [-0.4, -0.2) is 50.6 Å². The fourth-order valence-electron chi connectivity index (χ4n) is 4.01. The summed E-state index contributed by atoms with van der Waals surface area (Å²) in [6.07, 6.45) is 7.42. The Morgan fingerprint density at radius 3 is 2.80 bits per heavy atom. The molecule has 2 aromatic rings. The number of rotatable bonds is 8. The first-order valence-electron chi connectivity index (χ1n) is 10.6. The molecule has 1 aliphatic carbocycles. The van der Waals surface area contributed by atoms with Crippen LogP contribution in [0, 0.1) is 5.82 Å². The van der Waals surface area contributed by atoms with E-state index in [1.807, 2.05) is 16.4 Å². The lowest BCUT2D eigenvalue weighted by atomic mass is 10.2. The molecule has 1 unspecified atom stereocenters. The van der Waals surface area contributed by atoms with Crippen LogP contribution in [0.1, 0.15) is 39.0 Å². The van der Waals surface area contributed by atoms with Gasteiger partial charge >= 0.3 is 0 Å². The third kappa shape index (κ3) is 4.75. The van der Waals surface area contributed by atoms with Crippen molar-refractivity contribution in [3.63, 3.8) is 0 Å². The van der Waals surface area contributed by atoms with Gasteiger partial charge in [-0.05, 0) is 63.3 Å². The van der Waals surface area contributed by atoms with E-state index < -0.39 is 0 Å². The van der Waals surface area contributed by atoms with Gasteiger partial charge in [0.05, 0.1) is 18.4 Å². The van der Waals surface area contributed by atoms with Crippen molar-refractivity contribution in [3.8, 4) is 11.4 Å². The molecule has 0 bridgehead atoms. The van der Waals surface area contributed by atoms with E-state index in [0.717, 1.165) is 50.0 Å². The number of halogens is 1. The smallest absolute Gasteiger partial charge is 0.237 e. The summed E-state index contributed by atoms with van der Waals surface area (Å²) in [4.78, 5) is 14.7. The van der Waals surface area contributed by atoms with Crippen molar-refractivity contribution in [2.45, 2.75) is 56.8 Å². The van der Waals surface area contributed by atoms with Crippen molar-refractivity contribution in [1.29, 1.82) is 0 Å². The second-order valence-electron chi connectivity index (χ2n) is 7.57. The molecule has 0 spiro atoms. The predicted molar refractivity (Wildman–Crippen MR) is 114 cm³/mol. The number of carbonyl (C=O) groups excluding carboxylic acids is 1. The third-order valence-corrected chi connectivity index (χ3v) is 6.49. The zero-order chi connectivity index (χ0) is 20.9. The number of aromatic nitrogens is 3. The average Bonchev–Trinajstić information content (AvgIpc) is 3.51. The van der Waals surface area contributed by atoms with Gasteiger partial charge in [-0.3, -0.25) is 9.36 Å². The molecule has 0 radical (unpaired) electrons. The van der Waals surface area contributed by atoms with Gasteiger partial charge in [-0.25, -0.2) is 4.39 Å². The number of allylic oxidation sites excluding steroid dienone is 2. The summed E-state index contributed by atoms with van der Waals surface area (Å²) in [7, 11) is 0. The first-order chi connectivity index (χ1) is 14.7. The Morgan fingerprint density at radius 1 is 1.30 bits per heavy atom. The maximum absolute atomic E-state index is 13.4. The summed E-state index contributed by atoms with van der Waals surface area (Å²) in [5.41, 5.74) is 1.93. The van der Waals surface area contributed by atoms with Crippen LogP contribution in [0.2, 0.25) is 0 Å². The van der Waals surface area contributed by atoms with Crippen LogP contribution in [0.25, 0.3) is 11.4 Å². The van der Waals surface area contributed by atoms with E-state index in [1.165, 1.54) is 23.9 Å².